The molecule has 1 aromatic carbocycles. The Balaban J connectivity index is 2.28. The summed E-state index contributed by atoms with van der Waals surface area (Å²) in [5.74, 6) is -5.03. The van der Waals surface area contributed by atoms with Gasteiger partial charge in [0, 0.05) is 4.88 Å². The lowest BCUT2D eigenvalue weighted by Gasteiger charge is -2.06. The van der Waals surface area contributed by atoms with E-state index in [1.165, 1.54) is 16.8 Å². The number of anilines is 1. The van der Waals surface area contributed by atoms with Crippen LogP contribution in [0.5, 0.6) is 0 Å². The first-order valence-electron chi connectivity index (χ1n) is 4.85. The summed E-state index contributed by atoms with van der Waals surface area (Å²) in [6.45, 7) is 1.67. The summed E-state index contributed by atoms with van der Waals surface area (Å²) < 4.78 is 39.0. The van der Waals surface area contributed by atoms with Crippen LogP contribution in [0.1, 0.15) is 15.4 Å². The maximum atomic E-state index is 13.3. The van der Waals surface area contributed by atoms with Crippen LogP contribution in [0.2, 0.25) is 0 Å². The SMILES string of the molecule is Cc1scnc1C(=O)Nc1ccc(F)c(F)c1F. The molecule has 0 radical (unpaired) electrons. The van der Waals surface area contributed by atoms with Crippen molar-refractivity contribution < 1.29 is 18.0 Å². The molecule has 2 rings (SSSR count). The fourth-order valence-electron chi connectivity index (χ4n) is 1.33. The first-order chi connectivity index (χ1) is 8.50. The van der Waals surface area contributed by atoms with Gasteiger partial charge in [0.05, 0.1) is 11.2 Å². The number of aromatic nitrogens is 1. The van der Waals surface area contributed by atoms with Crippen molar-refractivity contribution in [2.24, 2.45) is 0 Å². The maximum absolute atomic E-state index is 13.3. The standard InChI is InChI=1S/C11H7F3N2OS/c1-5-10(15-4-18-5)11(17)16-7-3-2-6(12)8(13)9(7)14/h2-4H,1H3,(H,16,17). The Morgan fingerprint density at radius 2 is 2.00 bits per heavy atom. The van der Waals surface area contributed by atoms with E-state index in [2.05, 4.69) is 10.3 Å². The number of carbonyl (C=O) groups excluding carboxylic acids is 1. The number of thiazole rings is 1. The van der Waals surface area contributed by atoms with Crippen molar-refractivity contribution in [2.45, 2.75) is 6.92 Å². The van der Waals surface area contributed by atoms with Crippen LogP contribution < -0.4 is 5.32 Å². The maximum Gasteiger partial charge on any atom is 0.275 e. The number of benzene rings is 1. The van der Waals surface area contributed by atoms with Gasteiger partial charge in [-0.2, -0.15) is 0 Å². The van der Waals surface area contributed by atoms with E-state index >= 15 is 0 Å². The molecule has 0 unspecified atom stereocenters. The third-order valence-electron chi connectivity index (χ3n) is 2.24. The van der Waals surface area contributed by atoms with E-state index in [4.69, 9.17) is 0 Å². The summed E-state index contributed by atoms with van der Waals surface area (Å²) >= 11 is 1.25. The van der Waals surface area contributed by atoms with Crippen molar-refractivity contribution in [1.29, 1.82) is 0 Å². The van der Waals surface area contributed by atoms with Gasteiger partial charge in [-0.3, -0.25) is 4.79 Å². The normalized spacial score (nSPS) is 10.4. The molecule has 3 nitrogen and oxygen atoms in total. The number of nitrogens with zero attached hydrogens (tertiary/aromatic N) is 1. The van der Waals surface area contributed by atoms with Crippen LogP contribution >= 0.6 is 11.3 Å². The molecule has 1 heterocycles. The first-order valence-corrected chi connectivity index (χ1v) is 5.73. The Kier molecular flexibility index (Phi) is 3.33. The average Bonchev–Trinajstić information content (AvgIpc) is 2.76. The second-order valence-corrected chi connectivity index (χ2v) is 4.49. The molecule has 0 spiro atoms. The Morgan fingerprint density at radius 1 is 1.28 bits per heavy atom. The monoisotopic (exact) mass is 272 g/mol. The number of amides is 1. The van der Waals surface area contributed by atoms with Gasteiger partial charge in [0.25, 0.3) is 5.91 Å². The number of halogens is 3. The van der Waals surface area contributed by atoms with Gasteiger partial charge in [0.1, 0.15) is 5.69 Å². The van der Waals surface area contributed by atoms with Gasteiger partial charge in [-0.05, 0) is 19.1 Å². The molecule has 1 N–H and O–H groups in total. The summed E-state index contributed by atoms with van der Waals surface area (Å²) in [6.07, 6.45) is 0. The molecule has 0 aliphatic rings. The van der Waals surface area contributed by atoms with E-state index in [0.29, 0.717) is 4.88 Å². The van der Waals surface area contributed by atoms with Gasteiger partial charge in [-0.1, -0.05) is 0 Å². The highest BCUT2D eigenvalue weighted by atomic mass is 32.1. The lowest BCUT2D eigenvalue weighted by Crippen LogP contribution is -2.15. The lowest BCUT2D eigenvalue weighted by atomic mass is 10.2. The molecule has 0 saturated heterocycles. The van der Waals surface area contributed by atoms with Crippen molar-refractivity contribution in [3.8, 4) is 0 Å². The molecule has 94 valence electrons. The number of hydrogen-bond donors (Lipinski definition) is 1. The van der Waals surface area contributed by atoms with E-state index in [1.807, 2.05) is 0 Å². The highest BCUT2D eigenvalue weighted by Crippen LogP contribution is 2.21. The van der Waals surface area contributed by atoms with Crippen molar-refractivity contribution in [1.82, 2.24) is 4.98 Å². The van der Waals surface area contributed by atoms with E-state index in [1.54, 1.807) is 6.92 Å². The van der Waals surface area contributed by atoms with Gasteiger partial charge in [-0.25, -0.2) is 18.2 Å². The first kappa shape index (κ1) is 12.6. The predicted molar refractivity (Wildman–Crippen MR) is 61.1 cm³/mol. The minimum atomic E-state index is -1.62. The third kappa shape index (κ3) is 2.21. The van der Waals surface area contributed by atoms with Crippen LogP contribution in [-0.2, 0) is 0 Å². The molecule has 0 aliphatic heterocycles. The topological polar surface area (TPSA) is 42.0 Å². The van der Waals surface area contributed by atoms with Crippen LogP contribution in [0.3, 0.4) is 0 Å². The smallest absolute Gasteiger partial charge is 0.275 e. The largest absolute Gasteiger partial charge is 0.318 e. The van der Waals surface area contributed by atoms with Gasteiger partial charge in [-0.15, -0.1) is 11.3 Å². The number of aryl methyl sites for hydroxylation is 1. The minimum absolute atomic E-state index is 0.129. The van der Waals surface area contributed by atoms with Crippen LogP contribution in [-0.4, -0.2) is 10.9 Å². The third-order valence-corrected chi connectivity index (χ3v) is 3.00. The molecular formula is C11H7F3N2OS. The summed E-state index contributed by atoms with van der Waals surface area (Å²) in [5, 5.41) is 2.15. The summed E-state index contributed by atoms with van der Waals surface area (Å²) in [7, 11) is 0. The predicted octanol–water partition coefficient (Wildman–Crippen LogP) is 3.12. The van der Waals surface area contributed by atoms with Crippen LogP contribution in [0.4, 0.5) is 18.9 Å². The van der Waals surface area contributed by atoms with Crippen molar-refractivity contribution in [3.63, 3.8) is 0 Å². The molecule has 1 amide bonds. The van der Waals surface area contributed by atoms with Gasteiger partial charge in [0.2, 0.25) is 0 Å². The van der Waals surface area contributed by atoms with Gasteiger partial charge in [0.15, 0.2) is 17.5 Å². The second-order valence-electron chi connectivity index (χ2n) is 3.43. The van der Waals surface area contributed by atoms with Crippen LogP contribution in [0, 0.1) is 24.4 Å². The highest BCUT2D eigenvalue weighted by Gasteiger charge is 2.17. The van der Waals surface area contributed by atoms with Gasteiger partial charge >= 0.3 is 0 Å². The zero-order valence-electron chi connectivity index (χ0n) is 9.13. The summed E-state index contributed by atoms with van der Waals surface area (Å²) in [5.41, 5.74) is 1.17. The lowest BCUT2D eigenvalue weighted by molar-refractivity contribution is 0.102. The molecule has 0 bridgehead atoms. The molecule has 0 aliphatic carbocycles. The molecule has 2 aromatic rings. The average molecular weight is 272 g/mol. The van der Waals surface area contributed by atoms with E-state index in [-0.39, 0.29) is 5.69 Å². The molecular weight excluding hydrogens is 265 g/mol. The second kappa shape index (κ2) is 4.77. The van der Waals surface area contributed by atoms with Crippen molar-refractivity contribution in [3.05, 3.63) is 45.7 Å². The Bertz CT molecular complexity index is 612. The quantitative estimate of drug-likeness (QED) is 0.853. The van der Waals surface area contributed by atoms with E-state index < -0.39 is 29.0 Å². The zero-order valence-corrected chi connectivity index (χ0v) is 9.95. The number of rotatable bonds is 2. The molecule has 18 heavy (non-hydrogen) atoms. The van der Waals surface area contributed by atoms with Crippen LogP contribution in [0.25, 0.3) is 0 Å². The Hall–Kier alpha value is -1.89. The number of hydrogen-bond acceptors (Lipinski definition) is 3. The Morgan fingerprint density at radius 3 is 2.61 bits per heavy atom. The molecule has 0 fully saturated rings. The molecule has 0 atom stereocenters. The highest BCUT2D eigenvalue weighted by molar-refractivity contribution is 7.09. The minimum Gasteiger partial charge on any atom is -0.318 e. The fraction of sp³-hybridized carbons (Fsp3) is 0.0909. The van der Waals surface area contributed by atoms with Crippen molar-refractivity contribution in [2.75, 3.05) is 5.32 Å². The Labute approximate surface area is 104 Å². The molecule has 0 saturated carbocycles. The van der Waals surface area contributed by atoms with E-state index in [0.717, 1.165) is 12.1 Å². The zero-order chi connectivity index (χ0) is 13.3. The summed E-state index contributed by atoms with van der Waals surface area (Å²) in [4.78, 5) is 16.1. The number of carbonyl (C=O) groups is 1. The molecule has 1 aromatic heterocycles. The molecule has 7 heteroatoms. The fourth-order valence-corrected chi connectivity index (χ4v) is 1.90. The van der Waals surface area contributed by atoms with Crippen LogP contribution in [0.15, 0.2) is 17.6 Å². The van der Waals surface area contributed by atoms with Crippen molar-refractivity contribution >= 4 is 22.9 Å². The number of nitrogens with one attached hydrogen (secondary N) is 1. The summed E-state index contributed by atoms with van der Waals surface area (Å²) in [6, 6.07) is 1.69. The van der Waals surface area contributed by atoms with Gasteiger partial charge < -0.3 is 5.32 Å². The van der Waals surface area contributed by atoms with E-state index in [9.17, 15) is 18.0 Å².